The SMILES string of the molecule is COC(=O)Cc1ccc(OCC(=O)Nc2ccc(C(F)(F)F)cc2)cc1. The van der Waals surface area contributed by atoms with Crippen molar-refractivity contribution in [2.45, 2.75) is 12.6 Å². The van der Waals surface area contributed by atoms with Crippen molar-refractivity contribution in [1.29, 1.82) is 0 Å². The molecule has 0 unspecified atom stereocenters. The molecule has 0 heterocycles. The van der Waals surface area contributed by atoms with Gasteiger partial charge in [-0.15, -0.1) is 0 Å². The van der Waals surface area contributed by atoms with Crippen LogP contribution in [0.15, 0.2) is 48.5 Å². The number of halogens is 3. The number of hydrogen-bond donors (Lipinski definition) is 1. The molecule has 0 bridgehead atoms. The Labute approximate surface area is 147 Å². The molecule has 0 atom stereocenters. The Hall–Kier alpha value is -3.03. The zero-order valence-corrected chi connectivity index (χ0v) is 13.8. The second kappa shape index (κ2) is 8.37. The summed E-state index contributed by atoms with van der Waals surface area (Å²) in [6.45, 7) is -0.308. The summed E-state index contributed by atoms with van der Waals surface area (Å²) in [6.07, 6.45) is -4.29. The molecule has 0 saturated carbocycles. The zero-order chi connectivity index (χ0) is 19.2. The van der Waals surface area contributed by atoms with Gasteiger partial charge in [0.25, 0.3) is 5.91 Å². The van der Waals surface area contributed by atoms with Crippen LogP contribution in [0.3, 0.4) is 0 Å². The van der Waals surface area contributed by atoms with Crippen LogP contribution >= 0.6 is 0 Å². The smallest absolute Gasteiger partial charge is 0.416 e. The highest BCUT2D eigenvalue weighted by Gasteiger charge is 2.29. The molecule has 0 spiro atoms. The van der Waals surface area contributed by atoms with Gasteiger partial charge < -0.3 is 14.8 Å². The predicted molar refractivity (Wildman–Crippen MR) is 87.7 cm³/mol. The van der Waals surface area contributed by atoms with E-state index in [1.165, 1.54) is 19.2 Å². The van der Waals surface area contributed by atoms with E-state index in [1.54, 1.807) is 24.3 Å². The van der Waals surface area contributed by atoms with Crippen molar-refractivity contribution in [2.75, 3.05) is 19.0 Å². The molecule has 26 heavy (non-hydrogen) atoms. The molecule has 138 valence electrons. The molecule has 0 aliphatic carbocycles. The first kappa shape index (κ1) is 19.3. The number of benzene rings is 2. The number of rotatable bonds is 6. The average Bonchev–Trinajstić information content (AvgIpc) is 2.60. The predicted octanol–water partition coefficient (Wildman–Crippen LogP) is 3.44. The third-order valence-corrected chi connectivity index (χ3v) is 3.37. The summed E-state index contributed by atoms with van der Waals surface area (Å²) in [5, 5.41) is 2.44. The Morgan fingerprint density at radius 1 is 1.00 bits per heavy atom. The fraction of sp³-hybridized carbons (Fsp3) is 0.222. The van der Waals surface area contributed by atoms with E-state index in [0.29, 0.717) is 5.75 Å². The molecule has 2 rings (SSSR count). The summed E-state index contributed by atoms with van der Waals surface area (Å²) in [6, 6.07) is 10.6. The third-order valence-electron chi connectivity index (χ3n) is 3.37. The lowest BCUT2D eigenvalue weighted by Gasteiger charge is -2.10. The van der Waals surface area contributed by atoms with Crippen molar-refractivity contribution in [3.63, 3.8) is 0 Å². The second-order valence-electron chi connectivity index (χ2n) is 5.31. The van der Waals surface area contributed by atoms with Gasteiger partial charge in [-0.3, -0.25) is 9.59 Å². The summed E-state index contributed by atoms with van der Waals surface area (Å²) >= 11 is 0. The molecule has 0 aliphatic heterocycles. The standard InChI is InChI=1S/C18H16F3NO4/c1-25-17(24)10-12-2-8-15(9-3-12)26-11-16(23)22-14-6-4-13(5-7-14)18(19,20)21/h2-9H,10-11H2,1H3,(H,22,23). The minimum absolute atomic E-state index is 0.130. The van der Waals surface area contributed by atoms with E-state index in [0.717, 1.165) is 17.7 Å². The van der Waals surface area contributed by atoms with Crippen molar-refractivity contribution < 1.29 is 32.2 Å². The van der Waals surface area contributed by atoms with Crippen LogP contribution in [-0.4, -0.2) is 25.6 Å². The Morgan fingerprint density at radius 3 is 2.15 bits per heavy atom. The van der Waals surface area contributed by atoms with E-state index in [-0.39, 0.29) is 24.7 Å². The first-order valence-electron chi connectivity index (χ1n) is 7.53. The number of esters is 1. The van der Waals surface area contributed by atoms with Gasteiger partial charge in [-0.1, -0.05) is 12.1 Å². The van der Waals surface area contributed by atoms with Crippen LogP contribution in [0.4, 0.5) is 18.9 Å². The van der Waals surface area contributed by atoms with E-state index in [2.05, 4.69) is 10.1 Å². The molecular weight excluding hydrogens is 351 g/mol. The van der Waals surface area contributed by atoms with Gasteiger partial charge >= 0.3 is 12.1 Å². The van der Waals surface area contributed by atoms with Crippen LogP contribution < -0.4 is 10.1 Å². The lowest BCUT2D eigenvalue weighted by molar-refractivity contribution is -0.140. The molecule has 0 saturated heterocycles. The highest BCUT2D eigenvalue weighted by molar-refractivity contribution is 5.91. The number of hydrogen-bond acceptors (Lipinski definition) is 4. The largest absolute Gasteiger partial charge is 0.484 e. The number of carbonyl (C=O) groups excluding carboxylic acids is 2. The summed E-state index contributed by atoms with van der Waals surface area (Å²) < 4.78 is 47.3. The number of ether oxygens (including phenoxy) is 2. The van der Waals surface area contributed by atoms with Gasteiger partial charge in [0.2, 0.25) is 0 Å². The van der Waals surface area contributed by atoms with Crippen molar-refractivity contribution in [3.8, 4) is 5.75 Å². The quantitative estimate of drug-likeness (QED) is 0.795. The van der Waals surface area contributed by atoms with Gasteiger partial charge in [0.05, 0.1) is 19.1 Å². The van der Waals surface area contributed by atoms with Crippen molar-refractivity contribution in [1.82, 2.24) is 0 Å². The van der Waals surface area contributed by atoms with Gasteiger partial charge in [-0.05, 0) is 42.0 Å². The van der Waals surface area contributed by atoms with Crippen LogP contribution in [-0.2, 0) is 26.9 Å². The Balaban J connectivity index is 1.84. The zero-order valence-electron chi connectivity index (χ0n) is 13.8. The van der Waals surface area contributed by atoms with Gasteiger partial charge in [-0.2, -0.15) is 13.2 Å². The molecule has 0 aromatic heterocycles. The maximum absolute atomic E-state index is 12.5. The fourth-order valence-corrected chi connectivity index (χ4v) is 2.03. The number of methoxy groups -OCH3 is 1. The van der Waals surface area contributed by atoms with Gasteiger partial charge in [0, 0.05) is 5.69 Å². The van der Waals surface area contributed by atoms with Gasteiger partial charge in [0.1, 0.15) is 5.75 Å². The molecule has 2 aromatic carbocycles. The molecule has 5 nitrogen and oxygen atoms in total. The van der Waals surface area contributed by atoms with E-state index in [4.69, 9.17) is 4.74 Å². The molecule has 0 radical (unpaired) electrons. The number of nitrogens with one attached hydrogen (secondary N) is 1. The molecule has 8 heteroatoms. The fourth-order valence-electron chi connectivity index (χ4n) is 2.03. The summed E-state index contributed by atoms with van der Waals surface area (Å²) in [5.41, 5.74) is 0.178. The van der Waals surface area contributed by atoms with Crippen molar-refractivity contribution >= 4 is 17.6 Å². The molecule has 1 N–H and O–H groups in total. The molecule has 1 amide bonds. The minimum Gasteiger partial charge on any atom is -0.484 e. The van der Waals surface area contributed by atoms with Crippen LogP contribution in [0.5, 0.6) is 5.75 Å². The van der Waals surface area contributed by atoms with Crippen LogP contribution in [0.25, 0.3) is 0 Å². The second-order valence-corrected chi connectivity index (χ2v) is 5.31. The number of anilines is 1. The first-order chi connectivity index (χ1) is 12.3. The Morgan fingerprint density at radius 2 is 1.62 bits per heavy atom. The monoisotopic (exact) mass is 367 g/mol. The van der Waals surface area contributed by atoms with Crippen molar-refractivity contribution in [2.24, 2.45) is 0 Å². The lowest BCUT2D eigenvalue weighted by atomic mass is 10.1. The highest BCUT2D eigenvalue weighted by Crippen LogP contribution is 2.29. The Kier molecular flexibility index (Phi) is 6.21. The number of alkyl halides is 3. The van der Waals surface area contributed by atoms with E-state index >= 15 is 0 Å². The van der Waals surface area contributed by atoms with Crippen molar-refractivity contribution in [3.05, 3.63) is 59.7 Å². The Bertz CT molecular complexity index is 756. The molecule has 0 aliphatic rings. The average molecular weight is 367 g/mol. The summed E-state index contributed by atoms with van der Waals surface area (Å²) in [5.74, 6) is -0.459. The van der Waals surface area contributed by atoms with Crippen LogP contribution in [0.1, 0.15) is 11.1 Å². The topological polar surface area (TPSA) is 64.6 Å². The maximum Gasteiger partial charge on any atom is 0.416 e. The number of amides is 1. The minimum atomic E-state index is -4.42. The van der Waals surface area contributed by atoms with Crippen LogP contribution in [0, 0.1) is 0 Å². The lowest BCUT2D eigenvalue weighted by Crippen LogP contribution is -2.20. The summed E-state index contributed by atoms with van der Waals surface area (Å²) in [7, 11) is 1.30. The highest BCUT2D eigenvalue weighted by atomic mass is 19.4. The van der Waals surface area contributed by atoms with E-state index in [9.17, 15) is 22.8 Å². The third kappa shape index (κ3) is 5.80. The number of carbonyl (C=O) groups is 2. The summed E-state index contributed by atoms with van der Waals surface area (Å²) in [4.78, 5) is 23.0. The van der Waals surface area contributed by atoms with Gasteiger partial charge in [-0.25, -0.2) is 0 Å². The molecular formula is C18H16F3NO4. The normalized spacial score (nSPS) is 10.9. The first-order valence-corrected chi connectivity index (χ1v) is 7.53. The van der Waals surface area contributed by atoms with Gasteiger partial charge in [0.15, 0.2) is 6.61 Å². The van der Waals surface area contributed by atoms with E-state index in [1.807, 2.05) is 0 Å². The van der Waals surface area contributed by atoms with E-state index < -0.39 is 17.6 Å². The molecule has 0 fully saturated rings. The molecule has 2 aromatic rings. The maximum atomic E-state index is 12.5. The van der Waals surface area contributed by atoms with Crippen LogP contribution in [0.2, 0.25) is 0 Å².